The van der Waals surface area contributed by atoms with Crippen LogP contribution in [0.3, 0.4) is 0 Å². The van der Waals surface area contributed by atoms with Gasteiger partial charge in [0.05, 0.1) is 18.1 Å². The largest absolute Gasteiger partial charge is 0.331 e. The third-order valence-electron chi connectivity index (χ3n) is 1.40. The fourth-order valence-corrected chi connectivity index (χ4v) is 0.664. The summed E-state index contributed by atoms with van der Waals surface area (Å²) in [5, 5.41) is 0. The third kappa shape index (κ3) is 14.7. The molecule has 0 heterocycles. The number of carbonyl (C=O) groups is 1. The van der Waals surface area contributed by atoms with Crippen LogP contribution >= 0.6 is 0 Å². The quantitative estimate of drug-likeness (QED) is 0.685. The van der Waals surface area contributed by atoms with Crippen LogP contribution in [0.5, 0.6) is 0 Å². The minimum absolute atomic E-state index is 0.0185. The van der Waals surface area contributed by atoms with Crippen LogP contribution < -0.4 is 0 Å². The molecule has 0 aliphatic heterocycles. The molecule has 5 nitrogen and oxygen atoms in total. The van der Waals surface area contributed by atoms with Crippen molar-refractivity contribution in [2.75, 3.05) is 28.2 Å². The lowest BCUT2D eigenvalue weighted by Crippen LogP contribution is -2.33. The Balaban J connectivity index is 0. The highest BCUT2D eigenvalue weighted by atomic mass is 16.2. The van der Waals surface area contributed by atoms with Crippen LogP contribution in [0.1, 0.15) is 27.7 Å². The Kier molecular flexibility index (Phi) is 10.4. The first-order valence-corrected chi connectivity index (χ1v) is 5.71. The molecule has 0 saturated carbocycles. The second kappa shape index (κ2) is 9.85. The van der Waals surface area contributed by atoms with Gasteiger partial charge in [0, 0.05) is 28.2 Å². The van der Waals surface area contributed by atoms with Crippen molar-refractivity contribution >= 4 is 12.0 Å². The predicted molar refractivity (Wildman–Crippen MR) is 72.9 cm³/mol. The maximum absolute atomic E-state index is 10.7. The van der Waals surface area contributed by atoms with Crippen molar-refractivity contribution in [3.05, 3.63) is 0 Å². The smallest absolute Gasteiger partial charge is 0.318 e. The molecule has 0 aliphatic carbocycles. The highest BCUT2D eigenvalue weighted by Crippen LogP contribution is 1.84. The number of hydrogen-bond acceptors (Lipinski definition) is 3. The maximum Gasteiger partial charge on any atom is 0.318 e. The van der Waals surface area contributed by atoms with E-state index in [2.05, 4.69) is 16.0 Å². The SMILES string of the molecule is CC(C)N=C=NC(C)C.CN(C)C(=O)N(C)C. The lowest BCUT2D eigenvalue weighted by molar-refractivity contribution is 0.191. The van der Waals surface area contributed by atoms with Gasteiger partial charge in [0.1, 0.15) is 0 Å². The standard InChI is InChI=1S/C7H14N2.C5H12N2O/c1-6(2)8-5-9-7(3)4;1-6(2)5(8)7(3)4/h6-7H,1-4H3;1-4H3. The van der Waals surface area contributed by atoms with Crippen molar-refractivity contribution in [3.63, 3.8) is 0 Å². The van der Waals surface area contributed by atoms with Gasteiger partial charge in [-0.2, -0.15) is 0 Å². The van der Waals surface area contributed by atoms with E-state index < -0.39 is 0 Å². The Hall–Kier alpha value is -1.35. The first-order valence-electron chi connectivity index (χ1n) is 5.71. The summed E-state index contributed by atoms with van der Waals surface area (Å²) in [6.07, 6.45) is 0. The van der Waals surface area contributed by atoms with Crippen molar-refractivity contribution < 1.29 is 4.79 Å². The lowest BCUT2D eigenvalue weighted by Gasteiger charge is -2.16. The summed E-state index contributed by atoms with van der Waals surface area (Å²) in [4.78, 5) is 21.6. The number of nitrogens with zero attached hydrogens (tertiary/aromatic N) is 4. The molecular formula is C12H26N4O. The number of carbonyl (C=O) groups excluding carboxylic acids is 1. The number of urea groups is 1. The van der Waals surface area contributed by atoms with Crippen LogP contribution in [0.25, 0.3) is 0 Å². The maximum atomic E-state index is 10.7. The molecule has 0 saturated heterocycles. The molecule has 100 valence electrons. The van der Waals surface area contributed by atoms with E-state index in [1.165, 1.54) is 9.80 Å². The van der Waals surface area contributed by atoms with Crippen LogP contribution in [-0.4, -0.2) is 62.1 Å². The molecule has 0 bridgehead atoms. The molecule has 0 aliphatic rings. The zero-order valence-corrected chi connectivity index (χ0v) is 12.4. The summed E-state index contributed by atoms with van der Waals surface area (Å²) in [7, 11) is 6.90. The van der Waals surface area contributed by atoms with Gasteiger partial charge in [-0.25, -0.2) is 14.8 Å². The number of hydrogen-bond donors (Lipinski definition) is 0. The van der Waals surface area contributed by atoms with E-state index in [1.807, 2.05) is 27.7 Å². The van der Waals surface area contributed by atoms with Gasteiger partial charge < -0.3 is 9.80 Å². The van der Waals surface area contributed by atoms with E-state index in [-0.39, 0.29) is 6.03 Å². The van der Waals surface area contributed by atoms with Gasteiger partial charge in [-0.15, -0.1) is 0 Å². The summed E-state index contributed by atoms with van der Waals surface area (Å²) < 4.78 is 0. The van der Waals surface area contributed by atoms with Crippen LogP contribution in [0.15, 0.2) is 9.98 Å². The highest BCUT2D eigenvalue weighted by Gasteiger charge is 2.02. The molecule has 0 spiro atoms. The molecule has 0 radical (unpaired) electrons. The first-order chi connectivity index (χ1) is 7.68. The Morgan fingerprint density at radius 1 is 0.882 bits per heavy atom. The van der Waals surface area contributed by atoms with E-state index in [4.69, 9.17) is 0 Å². The second-order valence-corrected chi connectivity index (χ2v) is 4.62. The number of aliphatic imine (C=N–C) groups is 2. The molecule has 0 aromatic carbocycles. The molecule has 0 aromatic rings. The Morgan fingerprint density at radius 3 is 1.29 bits per heavy atom. The summed E-state index contributed by atoms with van der Waals surface area (Å²) >= 11 is 0. The summed E-state index contributed by atoms with van der Waals surface area (Å²) in [5.41, 5.74) is 0. The van der Waals surface area contributed by atoms with Gasteiger partial charge in [-0.05, 0) is 27.7 Å². The van der Waals surface area contributed by atoms with E-state index in [1.54, 1.807) is 28.2 Å². The monoisotopic (exact) mass is 242 g/mol. The summed E-state index contributed by atoms with van der Waals surface area (Å²) in [6, 6.07) is 3.28. The van der Waals surface area contributed by atoms with Crippen molar-refractivity contribution in [2.45, 2.75) is 39.8 Å². The average Bonchev–Trinajstić information content (AvgIpc) is 2.15. The molecule has 0 N–H and O–H groups in total. The minimum Gasteiger partial charge on any atom is -0.331 e. The number of rotatable bonds is 2. The molecule has 0 unspecified atom stereocenters. The van der Waals surface area contributed by atoms with Gasteiger partial charge in [-0.1, -0.05) is 0 Å². The van der Waals surface area contributed by atoms with Crippen molar-refractivity contribution in [2.24, 2.45) is 9.98 Å². The Morgan fingerprint density at radius 2 is 1.18 bits per heavy atom. The van der Waals surface area contributed by atoms with Crippen LogP contribution in [0.2, 0.25) is 0 Å². The van der Waals surface area contributed by atoms with Gasteiger partial charge in [0.15, 0.2) is 0 Å². The van der Waals surface area contributed by atoms with Gasteiger partial charge in [0.25, 0.3) is 0 Å². The highest BCUT2D eigenvalue weighted by molar-refractivity contribution is 5.72. The van der Waals surface area contributed by atoms with Crippen molar-refractivity contribution in [1.29, 1.82) is 0 Å². The molecule has 0 aromatic heterocycles. The van der Waals surface area contributed by atoms with Gasteiger partial charge >= 0.3 is 6.03 Å². The zero-order valence-electron chi connectivity index (χ0n) is 12.4. The molecule has 17 heavy (non-hydrogen) atoms. The van der Waals surface area contributed by atoms with Crippen molar-refractivity contribution in [3.8, 4) is 0 Å². The fraction of sp³-hybridized carbons (Fsp3) is 0.833. The number of amides is 2. The van der Waals surface area contributed by atoms with E-state index >= 15 is 0 Å². The summed E-state index contributed by atoms with van der Waals surface area (Å²) in [6.45, 7) is 8.01. The molecule has 5 heteroatoms. The lowest BCUT2D eigenvalue weighted by atomic mass is 10.4. The van der Waals surface area contributed by atoms with Crippen LogP contribution in [0.4, 0.5) is 4.79 Å². The molecule has 0 fully saturated rings. The minimum atomic E-state index is 0.0185. The summed E-state index contributed by atoms with van der Waals surface area (Å²) in [5.74, 6) is 0. The second-order valence-electron chi connectivity index (χ2n) is 4.62. The molecule has 2 amide bonds. The molecule has 0 atom stereocenters. The normalized spacial score (nSPS) is 9.06. The van der Waals surface area contributed by atoms with Gasteiger partial charge in [-0.3, -0.25) is 0 Å². The fourth-order valence-electron chi connectivity index (χ4n) is 0.664. The van der Waals surface area contributed by atoms with E-state index in [0.29, 0.717) is 12.1 Å². The predicted octanol–water partition coefficient (Wildman–Crippen LogP) is 2.21. The Bertz CT molecular complexity index is 242. The molecule has 0 rings (SSSR count). The van der Waals surface area contributed by atoms with Crippen molar-refractivity contribution in [1.82, 2.24) is 9.80 Å². The van der Waals surface area contributed by atoms with Crippen LogP contribution in [-0.2, 0) is 0 Å². The van der Waals surface area contributed by atoms with Gasteiger partial charge in [0.2, 0.25) is 0 Å². The zero-order chi connectivity index (χ0) is 14.0. The van der Waals surface area contributed by atoms with Crippen LogP contribution in [0, 0.1) is 0 Å². The third-order valence-corrected chi connectivity index (χ3v) is 1.40. The van der Waals surface area contributed by atoms with E-state index in [9.17, 15) is 4.79 Å². The van der Waals surface area contributed by atoms with E-state index in [0.717, 1.165) is 0 Å². The Labute approximate surface area is 105 Å². The topological polar surface area (TPSA) is 48.3 Å². The molecular weight excluding hydrogens is 216 g/mol. The first kappa shape index (κ1) is 18.0. The average molecular weight is 242 g/mol.